The summed E-state index contributed by atoms with van der Waals surface area (Å²) in [7, 11) is 0. The molecule has 0 N–H and O–H groups in total. The second kappa shape index (κ2) is 13.6. The summed E-state index contributed by atoms with van der Waals surface area (Å²) < 4.78 is 0. The van der Waals surface area contributed by atoms with Gasteiger partial charge in [-0.1, -0.05) is 48.6 Å². The summed E-state index contributed by atoms with van der Waals surface area (Å²) in [5.41, 5.74) is 0. The van der Waals surface area contributed by atoms with Crippen molar-refractivity contribution < 1.29 is 4.79 Å². The second-order valence-electron chi connectivity index (χ2n) is 5.59. The van der Waals surface area contributed by atoms with Crippen LogP contribution in [0.5, 0.6) is 0 Å². The molecule has 1 rings (SSSR count). The van der Waals surface area contributed by atoms with E-state index in [2.05, 4.69) is 48.6 Å². The van der Waals surface area contributed by atoms with Crippen molar-refractivity contribution in [3.8, 4) is 0 Å². The summed E-state index contributed by atoms with van der Waals surface area (Å²) >= 11 is 0. The van der Waals surface area contributed by atoms with Crippen molar-refractivity contribution in [3.63, 3.8) is 0 Å². The van der Waals surface area contributed by atoms with E-state index in [1.807, 2.05) is 0 Å². The van der Waals surface area contributed by atoms with E-state index < -0.39 is 0 Å². The predicted octanol–water partition coefficient (Wildman–Crippen LogP) is 6.09. The van der Waals surface area contributed by atoms with Crippen LogP contribution >= 0.6 is 0 Å². The average Bonchev–Trinajstić information content (AvgIpc) is 2.48. The Bertz CT molecular complexity index is 371. The molecule has 0 aromatic rings. The van der Waals surface area contributed by atoms with Gasteiger partial charge in [-0.05, 0) is 57.8 Å². The second-order valence-corrected chi connectivity index (χ2v) is 5.59. The minimum atomic E-state index is 0.408. The van der Waals surface area contributed by atoms with E-state index in [1.165, 1.54) is 0 Å². The molecule has 1 aliphatic rings. The third-order valence-electron chi connectivity index (χ3n) is 3.58. The molecule has 116 valence electrons. The van der Waals surface area contributed by atoms with Crippen LogP contribution in [0.25, 0.3) is 0 Å². The summed E-state index contributed by atoms with van der Waals surface area (Å²) in [5.74, 6) is 0.408. The standard InChI is InChI=1S/C20H30O/c21-20-18-16-14-12-10-8-6-4-2-1-3-5-7-9-11-13-15-17-19-20/h2,4-5,7,10,12-13,15H,1,3,6,8-9,11,14,16-19H2. The fourth-order valence-electron chi connectivity index (χ4n) is 2.31. The van der Waals surface area contributed by atoms with Gasteiger partial charge in [-0.2, -0.15) is 0 Å². The third-order valence-corrected chi connectivity index (χ3v) is 3.58. The number of carbonyl (C=O) groups is 1. The molecule has 0 bridgehead atoms. The molecule has 0 fully saturated rings. The monoisotopic (exact) mass is 286 g/mol. The lowest BCUT2D eigenvalue weighted by Gasteiger charge is -1.97. The molecule has 0 saturated carbocycles. The van der Waals surface area contributed by atoms with Crippen LogP contribution in [0.15, 0.2) is 48.6 Å². The Morgan fingerprint density at radius 3 is 1.33 bits per heavy atom. The zero-order valence-electron chi connectivity index (χ0n) is 13.3. The molecule has 1 nitrogen and oxygen atoms in total. The van der Waals surface area contributed by atoms with Gasteiger partial charge < -0.3 is 0 Å². The van der Waals surface area contributed by atoms with Crippen molar-refractivity contribution >= 4 is 5.78 Å². The van der Waals surface area contributed by atoms with E-state index >= 15 is 0 Å². The van der Waals surface area contributed by atoms with Crippen LogP contribution in [0.1, 0.15) is 70.6 Å². The first-order valence-electron chi connectivity index (χ1n) is 8.51. The highest BCUT2D eigenvalue weighted by atomic mass is 16.1. The van der Waals surface area contributed by atoms with Crippen molar-refractivity contribution in [2.45, 2.75) is 70.6 Å². The molecule has 0 radical (unpaired) electrons. The molecule has 0 aromatic heterocycles. The highest BCUT2D eigenvalue weighted by Gasteiger charge is 1.98. The maximum Gasteiger partial charge on any atom is 0.133 e. The molecule has 0 aromatic carbocycles. The highest BCUT2D eigenvalue weighted by Crippen LogP contribution is 2.06. The molecule has 21 heavy (non-hydrogen) atoms. The van der Waals surface area contributed by atoms with Gasteiger partial charge in [-0.25, -0.2) is 0 Å². The van der Waals surface area contributed by atoms with E-state index in [0.717, 1.165) is 64.2 Å². The zero-order valence-corrected chi connectivity index (χ0v) is 13.3. The molecule has 0 heterocycles. The normalized spacial score (nSPS) is 20.5. The Kier molecular flexibility index (Phi) is 11.5. The van der Waals surface area contributed by atoms with Crippen LogP contribution in [-0.2, 0) is 4.79 Å². The fourth-order valence-corrected chi connectivity index (χ4v) is 2.31. The van der Waals surface area contributed by atoms with Crippen molar-refractivity contribution in [1.82, 2.24) is 0 Å². The van der Waals surface area contributed by atoms with Gasteiger partial charge in [0.15, 0.2) is 0 Å². The topological polar surface area (TPSA) is 17.1 Å². The fraction of sp³-hybridized carbons (Fsp3) is 0.550. The van der Waals surface area contributed by atoms with Gasteiger partial charge in [0.25, 0.3) is 0 Å². The lowest BCUT2D eigenvalue weighted by atomic mass is 10.1. The Morgan fingerprint density at radius 1 is 0.476 bits per heavy atom. The zero-order chi connectivity index (χ0) is 15.0. The first kappa shape index (κ1) is 17.7. The number of hydrogen-bond acceptors (Lipinski definition) is 1. The lowest BCUT2D eigenvalue weighted by molar-refractivity contribution is -0.119. The van der Waals surface area contributed by atoms with Gasteiger partial charge in [0.05, 0.1) is 0 Å². The molecular weight excluding hydrogens is 256 g/mol. The molecule has 0 unspecified atom stereocenters. The van der Waals surface area contributed by atoms with Gasteiger partial charge in [-0.15, -0.1) is 0 Å². The van der Waals surface area contributed by atoms with Crippen LogP contribution in [0.4, 0.5) is 0 Å². The molecule has 1 aliphatic carbocycles. The van der Waals surface area contributed by atoms with Gasteiger partial charge in [-0.3, -0.25) is 4.79 Å². The van der Waals surface area contributed by atoms with Gasteiger partial charge in [0.2, 0.25) is 0 Å². The van der Waals surface area contributed by atoms with Crippen molar-refractivity contribution in [2.75, 3.05) is 0 Å². The Hall–Kier alpha value is -1.37. The number of rotatable bonds is 0. The molecule has 0 aliphatic heterocycles. The third kappa shape index (κ3) is 12.1. The molecule has 1 heteroatoms. The molecule has 0 amide bonds. The number of carbonyl (C=O) groups excluding carboxylic acids is 1. The van der Waals surface area contributed by atoms with Gasteiger partial charge in [0.1, 0.15) is 5.78 Å². The van der Waals surface area contributed by atoms with Crippen LogP contribution in [0, 0.1) is 0 Å². The van der Waals surface area contributed by atoms with Crippen molar-refractivity contribution in [1.29, 1.82) is 0 Å². The number of hydrogen-bond donors (Lipinski definition) is 0. The first-order chi connectivity index (χ1) is 10.4. The minimum absolute atomic E-state index is 0.408. The van der Waals surface area contributed by atoms with Crippen molar-refractivity contribution in [2.24, 2.45) is 0 Å². The SMILES string of the molecule is O=C1CCC=CCCC=CCCC=CCCC=CCCC1. The van der Waals surface area contributed by atoms with E-state index in [0.29, 0.717) is 12.2 Å². The average molecular weight is 286 g/mol. The molecular formula is C20H30O. The molecule has 0 atom stereocenters. The van der Waals surface area contributed by atoms with E-state index in [-0.39, 0.29) is 0 Å². The van der Waals surface area contributed by atoms with E-state index in [4.69, 9.17) is 0 Å². The Morgan fingerprint density at radius 2 is 0.857 bits per heavy atom. The maximum absolute atomic E-state index is 11.7. The van der Waals surface area contributed by atoms with Crippen molar-refractivity contribution in [3.05, 3.63) is 48.6 Å². The number of allylic oxidation sites excluding steroid dienone is 8. The number of ketones is 1. The van der Waals surface area contributed by atoms with Gasteiger partial charge >= 0.3 is 0 Å². The first-order valence-corrected chi connectivity index (χ1v) is 8.51. The largest absolute Gasteiger partial charge is 0.300 e. The summed E-state index contributed by atoms with van der Waals surface area (Å²) in [6.07, 6.45) is 29.1. The Balaban J connectivity index is 2.32. The molecule has 0 spiro atoms. The van der Waals surface area contributed by atoms with Crippen LogP contribution < -0.4 is 0 Å². The quantitative estimate of drug-likeness (QED) is 0.493. The number of Topliss-reactive ketones (excluding diaryl/α,β-unsaturated/α-hetero) is 1. The van der Waals surface area contributed by atoms with E-state index in [1.54, 1.807) is 0 Å². The van der Waals surface area contributed by atoms with Gasteiger partial charge in [0, 0.05) is 12.8 Å². The summed E-state index contributed by atoms with van der Waals surface area (Å²) in [6.45, 7) is 0. The van der Waals surface area contributed by atoms with Crippen LogP contribution in [-0.4, -0.2) is 5.78 Å². The summed E-state index contributed by atoms with van der Waals surface area (Å²) in [5, 5.41) is 0. The predicted molar refractivity (Wildman–Crippen MR) is 92.4 cm³/mol. The highest BCUT2D eigenvalue weighted by molar-refractivity contribution is 5.78. The van der Waals surface area contributed by atoms with Crippen LogP contribution in [0.2, 0.25) is 0 Å². The lowest BCUT2D eigenvalue weighted by Crippen LogP contribution is -1.96. The minimum Gasteiger partial charge on any atom is -0.300 e. The van der Waals surface area contributed by atoms with Crippen LogP contribution in [0.3, 0.4) is 0 Å². The Labute approximate surface area is 130 Å². The van der Waals surface area contributed by atoms with E-state index in [9.17, 15) is 4.79 Å². The summed E-state index contributed by atoms with van der Waals surface area (Å²) in [6, 6.07) is 0. The molecule has 0 saturated heterocycles. The summed E-state index contributed by atoms with van der Waals surface area (Å²) in [4.78, 5) is 11.7. The maximum atomic E-state index is 11.7. The smallest absolute Gasteiger partial charge is 0.133 e.